The van der Waals surface area contributed by atoms with Crippen molar-refractivity contribution < 1.29 is 61.6 Å². The molecule has 0 radical (unpaired) electrons. The van der Waals surface area contributed by atoms with Gasteiger partial charge in [0, 0.05) is 33.1 Å². The van der Waals surface area contributed by atoms with Crippen LogP contribution in [0.15, 0.2) is 12.4 Å². The monoisotopic (exact) mass is 681 g/mol. The van der Waals surface area contributed by atoms with Gasteiger partial charge in [0.15, 0.2) is 11.6 Å². The van der Waals surface area contributed by atoms with Crippen LogP contribution in [-0.4, -0.2) is 75.4 Å². The Morgan fingerprint density at radius 3 is 1.86 bits per heavy atom. The van der Waals surface area contributed by atoms with Gasteiger partial charge in [0.2, 0.25) is 5.91 Å². The average Bonchev–Trinajstić information content (AvgIpc) is 3.46. The molecule has 231 valence electrons. The third kappa shape index (κ3) is 12.9. The number of aromatic nitrogens is 4. The predicted molar refractivity (Wildman–Crippen MR) is 137 cm³/mol. The molecule has 2 aromatic rings. The maximum absolute atomic E-state index is 11.6. The number of nitrogens with one attached hydrogen (secondary N) is 2. The van der Waals surface area contributed by atoms with E-state index in [2.05, 4.69) is 22.2 Å². The second-order valence-corrected chi connectivity index (χ2v) is 8.45. The molecule has 0 aliphatic heterocycles. The van der Waals surface area contributed by atoms with Gasteiger partial charge in [0.05, 0.1) is 13.1 Å². The van der Waals surface area contributed by atoms with Crippen molar-refractivity contribution in [1.29, 1.82) is 0 Å². The van der Waals surface area contributed by atoms with Crippen LogP contribution in [0.25, 0.3) is 5.73 Å². The van der Waals surface area contributed by atoms with E-state index in [-0.39, 0.29) is 49.9 Å². The van der Waals surface area contributed by atoms with Crippen molar-refractivity contribution in [3.8, 4) is 0 Å². The van der Waals surface area contributed by atoms with E-state index in [1.54, 1.807) is 13.8 Å². The van der Waals surface area contributed by atoms with Crippen molar-refractivity contribution in [2.24, 2.45) is 5.92 Å². The molecule has 2 aromatic heterocycles. The van der Waals surface area contributed by atoms with E-state index in [9.17, 15) is 39.4 Å². The molecule has 19 nitrogen and oxygen atoms in total. The molecule has 0 bridgehead atoms. The number of rotatable bonds is 15. The van der Waals surface area contributed by atoms with Crippen LogP contribution >= 0.6 is 0 Å². The van der Waals surface area contributed by atoms with Gasteiger partial charge < -0.3 is 53.2 Å². The van der Waals surface area contributed by atoms with E-state index in [0.717, 1.165) is 25.1 Å². The Bertz CT molecular complexity index is 1170. The molecule has 2 rings (SSSR count). The number of ketones is 1. The summed E-state index contributed by atoms with van der Waals surface area (Å²) in [7, 11) is 0. The summed E-state index contributed by atoms with van der Waals surface area (Å²) in [5, 5.41) is 40.9. The molecule has 2 heterocycles. The zero-order valence-electron chi connectivity index (χ0n) is 22.6. The molecule has 0 aliphatic rings. The number of aryl methyl sites for hydroxylation is 2. The summed E-state index contributed by atoms with van der Waals surface area (Å²) in [6.45, 7) is 7.18. The quantitative estimate of drug-likeness (QED) is 0.136. The van der Waals surface area contributed by atoms with Crippen molar-refractivity contribution >= 4 is 35.3 Å². The van der Waals surface area contributed by atoms with Crippen LogP contribution in [0.1, 0.15) is 37.3 Å². The number of hydrogen-bond donors (Lipinski definition) is 3. The molecule has 2 unspecified atom stereocenters. The summed E-state index contributed by atoms with van der Waals surface area (Å²) in [5.74, 6) is -3.45. The minimum absolute atomic E-state index is 0.0475. The maximum atomic E-state index is 11.6. The molecule has 1 amide bonds. The molecule has 20 heteroatoms. The van der Waals surface area contributed by atoms with Crippen LogP contribution in [-0.2, 0) is 54.6 Å². The summed E-state index contributed by atoms with van der Waals surface area (Å²) >= 11 is 0.900. The number of nitrogens with zero attached hydrogens (tertiary/aromatic N) is 6. The van der Waals surface area contributed by atoms with Gasteiger partial charge in [0.1, 0.15) is 24.7 Å². The molecule has 0 saturated carbocycles. The van der Waals surface area contributed by atoms with Gasteiger partial charge in [-0.2, -0.15) is 0 Å². The summed E-state index contributed by atoms with van der Waals surface area (Å²) in [6.07, 6.45) is 1.92. The van der Waals surface area contributed by atoms with E-state index in [4.69, 9.17) is 19.5 Å². The van der Waals surface area contributed by atoms with E-state index < -0.39 is 46.1 Å². The second kappa shape index (κ2) is 18.9. The van der Waals surface area contributed by atoms with E-state index in [1.165, 1.54) is 15.3 Å². The minimum atomic E-state index is -1.40. The molecule has 0 aliphatic carbocycles. The van der Waals surface area contributed by atoms with E-state index in [1.807, 2.05) is 0 Å². The number of aliphatic carboxylic acids is 2. The summed E-state index contributed by atoms with van der Waals surface area (Å²) < 4.78 is 11.0. The zero-order valence-corrected chi connectivity index (χ0v) is 24.5. The number of nitro groups is 2. The van der Waals surface area contributed by atoms with Gasteiger partial charge in [-0.3, -0.25) is 14.4 Å². The number of hydrogen-bond acceptors (Lipinski definition) is 11. The van der Waals surface area contributed by atoms with Gasteiger partial charge in [0.25, 0.3) is 0 Å². The summed E-state index contributed by atoms with van der Waals surface area (Å²) in [4.78, 5) is 71.9. The fraction of sp³-hybridized carbons (Fsp3) is 0.500. The van der Waals surface area contributed by atoms with Crippen LogP contribution < -0.4 is 5.32 Å². The van der Waals surface area contributed by atoms with Crippen molar-refractivity contribution in [3.63, 3.8) is 0 Å². The van der Waals surface area contributed by atoms with Gasteiger partial charge in [-0.05, 0) is 22.3 Å². The Kier molecular flexibility index (Phi) is 17.0. The Labute approximate surface area is 249 Å². The topological polar surface area (TPSA) is 284 Å². The number of imidazole rings is 2. The Balaban J connectivity index is 0.000000756. The standard InChI is InChI=1S/C12H16N3O5.C10H14N5O5.O.Tc/c1-8(6-12(17)18)10(16)4-3-5-14-9(2)13-7-11(14)15(19)20;1-6-13-5-8(15(19)20)14(6)3-2-12-10(18)7(11)4-9(16)17;;/h7-8H,1,3-6H2,2H3,(H,17,18);5,7,11H,2-4H2,1H3,(H,12,18)(H,16,17);;/q2*-1;;+2/i;;;1+1. The first-order chi connectivity index (χ1) is 19.6. The van der Waals surface area contributed by atoms with Gasteiger partial charge in [-0.25, -0.2) is 19.1 Å². The molecule has 0 spiro atoms. The second-order valence-electron chi connectivity index (χ2n) is 8.45. The molecular weight excluding hydrogens is 651 g/mol. The van der Waals surface area contributed by atoms with Gasteiger partial charge >= 0.3 is 45.9 Å². The molecule has 2 atom stereocenters. The Hall–Kier alpha value is -4.29. The van der Waals surface area contributed by atoms with Crippen molar-refractivity contribution in [2.75, 3.05) is 6.54 Å². The molecule has 0 aromatic carbocycles. The van der Waals surface area contributed by atoms with Crippen LogP contribution in [0.2, 0.25) is 0 Å². The first-order valence-corrected chi connectivity index (χ1v) is 12.7. The number of carbonyl (C=O) groups is 4. The van der Waals surface area contributed by atoms with Crippen LogP contribution in [0.5, 0.6) is 0 Å². The fourth-order valence-corrected chi connectivity index (χ4v) is 3.38. The van der Waals surface area contributed by atoms with Gasteiger partial charge in [-0.1, -0.05) is 5.92 Å². The molecule has 4 N–H and O–H groups in total. The van der Waals surface area contributed by atoms with Crippen LogP contribution in [0.3, 0.4) is 0 Å². The third-order valence-corrected chi connectivity index (χ3v) is 5.45. The number of carboxylic acid groups (broad SMARTS) is 2. The average molecular weight is 681 g/mol. The normalized spacial score (nSPS) is 11.5. The van der Waals surface area contributed by atoms with E-state index in [0.29, 0.717) is 18.1 Å². The number of amides is 1. The van der Waals surface area contributed by atoms with Gasteiger partial charge in [-0.15, -0.1) is 0 Å². The Morgan fingerprint density at radius 2 is 1.43 bits per heavy atom. The van der Waals surface area contributed by atoms with Crippen molar-refractivity contribution in [2.45, 2.75) is 58.7 Å². The van der Waals surface area contributed by atoms with Crippen molar-refractivity contribution in [3.05, 3.63) is 56.9 Å². The first kappa shape index (κ1) is 37.7. The molecule has 42 heavy (non-hydrogen) atoms. The Morgan fingerprint density at radius 1 is 0.976 bits per heavy atom. The number of carbonyl (C=O) groups excluding carboxylic acids is 2. The van der Waals surface area contributed by atoms with Crippen LogP contribution in [0.4, 0.5) is 11.6 Å². The molecular formula is C22H30N8O11Tc. The first-order valence-electron chi connectivity index (χ1n) is 11.9. The fourth-order valence-electron chi connectivity index (χ4n) is 3.38. The molecule has 0 fully saturated rings. The number of Topliss-reactive ketones (excluding diaryl/α,β-unsaturated/α-hetero) is 1. The predicted octanol–water partition coefficient (Wildman–Crippen LogP) is 1.36. The van der Waals surface area contributed by atoms with E-state index >= 15 is 0 Å². The van der Waals surface area contributed by atoms with Crippen molar-refractivity contribution in [1.82, 2.24) is 24.4 Å². The molecule has 0 saturated heterocycles. The van der Waals surface area contributed by atoms with Crippen LogP contribution in [0, 0.1) is 46.9 Å². The zero-order chi connectivity index (χ0) is 32.6. The third-order valence-electron chi connectivity index (χ3n) is 5.45. The summed E-state index contributed by atoms with van der Waals surface area (Å²) in [5.41, 5.74) is 7.29. The summed E-state index contributed by atoms with van der Waals surface area (Å²) in [6, 6.07) is -1.40. The number of carboxylic acids is 2. The SMILES string of the molecule is Cc1ncc([N+](=O)[O-])n1CCNC(=O)C([NH-])CC(=O)O.[CH2-]C(CC(=O)O)C(=O)CCCn1c([N+](=O)[O-])cnc1C.[O]=[99Tc+2].